The van der Waals surface area contributed by atoms with Crippen LogP contribution in [-0.4, -0.2) is 29.9 Å². The summed E-state index contributed by atoms with van der Waals surface area (Å²) in [4.78, 5) is 14.7. The highest BCUT2D eigenvalue weighted by atomic mass is 35.5. The molecule has 4 heteroatoms. The van der Waals surface area contributed by atoms with Gasteiger partial charge in [0.2, 0.25) is 5.91 Å². The lowest BCUT2D eigenvalue weighted by atomic mass is 9.92. The third-order valence-corrected chi connectivity index (χ3v) is 5.27. The predicted octanol–water partition coefficient (Wildman–Crippen LogP) is 3.03. The van der Waals surface area contributed by atoms with E-state index >= 15 is 0 Å². The molecule has 1 heterocycles. The van der Waals surface area contributed by atoms with Crippen LogP contribution in [0.25, 0.3) is 0 Å². The zero-order chi connectivity index (χ0) is 15.0. The summed E-state index contributed by atoms with van der Waals surface area (Å²) in [5, 5.41) is 0.782. The minimum absolute atomic E-state index is 0.122. The molecule has 1 saturated heterocycles. The molecule has 1 amide bonds. The second kappa shape index (κ2) is 5.98. The number of amides is 1. The van der Waals surface area contributed by atoms with E-state index in [0.717, 1.165) is 42.9 Å². The van der Waals surface area contributed by atoms with Crippen LogP contribution in [0.1, 0.15) is 37.7 Å². The van der Waals surface area contributed by atoms with Gasteiger partial charge in [-0.3, -0.25) is 4.79 Å². The van der Waals surface area contributed by atoms with Crippen molar-refractivity contribution >= 4 is 17.5 Å². The third kappa shape index (κ3) is 3.09. The van der Waals surface area contributed by atoms with Gasteiger partial charge in [-0.05, 0) is 49.7 Å². The molecule has 21 heavy (non-hydrogen) atoms. The van der Waals surface area contributed by atoms with Crippen molar-refractivity contribution in [3.63, 3.8) is 0 Å². The van der Waals surface area contributed by atoms with Crippen LogP contribution < -0.4 is 5.73 Å². The number of carbonyl (C=O) groups is 1. The lowest BCUT2D eigenvalue weighted by Crippen LogP contribution is -2.45. The Morgan fingerprint density at radius 2 is 2.19 bits per heavy atom. The molecular weight excluding hydrogens is 284 g/mol. The van der Waals surface area contributed by atoms with Crippen LogP contribution in [0.2, 0.25) is 5.02 Å². The van der Waals surface area contributed by atoms with Gasteiger partial charge in [0.15, 0.2) is 0 Å². The number of likely N-dealkylation sites (tertiary alicyclic amines) is 1. The van der Waals surface area contributed by atoms with Gasteiger partial charge in [-0.2, -0.15) is 0 Å². The summed E-state index contributed by atoms with van der Waals surface area (Å²) in [5.41, 5.74) is 7.13. The molecule has 1 aromatic carbocycles. The summed E-state index contributed by atoms with van der Waals surface area (Å²) in [6.07, 6.45) is 3.14. The van der Waals surface area contributed by atoms with E-state index < -0.39 is 0 Å². The highest BCUT2D eigenvalue weighted by molar-refractivity contribution is 6.31. The molecule has 2 N–H and O–H groups in total. The molecule has 0 radical (unpaired) electrons. The first-order valence-corrected chi connectivity index (χ1v) is 8.24. The molecule has 0 spiro atoms. The van der Waals surface area contributed by atoms with E-state index in [1.165, 1.54) is 0 Å². The average Bonchev–Trinajstić information content (AvgIpc) is 3.27. The number of carbonyl (C=O) groups excluding carboxylic acids is 1. The van der Waals surface area contributed by atoms with E-state index in [2.05, 4.69) is 0 Å². The second-order valence-corrected chi connectivity index (χ2v) is 6.92. The van der Waals surface area contributed by atoms with Crippen LogP contribution in [0.15, 0.2) is 24.3 Å². The Kier molecular flexibility index (Phi) is 4.23. The predicted molar refractivity (Wildman–Crippen MR) is 85.3 cm³/mol. The first kappa shape index (κ1) is 14.9. The number of halogens is 1. The number of nitrogens with zero attached hydrogens (tertiary/aromatic N) is 1. The monoisotopic (exact) mass is 306 g/mol. The number of nitrogens with two attached hydrogens (primary N) is 1. The SMILES string of the molecule is C[C@H](N)[C@@H]1CCCN(C(=O)[C@H]2C[C@H]2c2ccccc2Cl)C1. The average molecular weight is 307 g/mol. The first-order valence-electron chi connectivity index (χ1n) is 7.86. The number of benzene rings is 1. The summed E-state index contributed by atoms with van der Waals surface area (Å²) >= 11 is 6.24. The van der Waals surface area contributed by atoms with Crippen LogP contribution in [0.3, 0.4) is 0 Å². The maximum absolute atomic E-state index is 12.7. The maximum Gasteiger partial charge on any atom is 0.226 e. The fraction of sp³-hybridized carbons (Fsp3) is 0.588. The van der Waals surface area contributed by atoms with Gasteiger partial charge in [-0.25, -0.2) is 0 Å². The van der Waals surface area contributed by atoms with Crippen LogP contribution in [0, 0.1) is 11.8 Å². The van der Waals surface area contributed by atoms with Crippen molar-refractivity contribution in [1.29, 1.82) is 0 Å². The topological polar surface area (TPSA) is 46.3 Å². The molecule has 3 rings (SSSR count). The Morgan fingerprint density at radius 1 is 1.43 bits per heavy atom. The number of hydrogen-bond acceptors (Lipinski definition) is 2. The zero-order valence-corrected chi connectivity index (χ0v) is 13.2. The molecule has 2 aliphatic rings. The summed E-state index contributed by atoms with van der Waals surface area (Å²) in [6, 6.07) is 8.04. The normalized spacial score (nSPS) is 30.0. The molecule has 1 aliphatic carbocycles. The van der Waals surface area contributed by atoms with Crippen molar-refractivity contribution in [1.82, 2.24) is 4.90 Å². The molecule has 2 fully saturated rings. The van der Waals surface area contributed by atoms with Gasteiger partial charge >= 0.3 is 0 Å². The standard InChI is InChI=1S/C17H23ClN2O/c1-11(19)12-5-4-8-20(10-12)17(21)15-9-14(15)13-6-2-3-7-16(13)18/h2-3,6-7,11-12,14-15H,4-5,8-10,19H2,1H3/t11-,12+,14-,15-/m0/s1. The van der Waals surface area contributed by atoms with Crippen LogP contribution in [-0.2, 0) is 4.79 Å². The second-order valence-electron chi connectivity index (χ2n) is 6.52. The summed E-state index contributed by atoms with van der Waals surface area (Å²) in [7, 11) is 0. The Morgan fingerprint density at radius 3 is 2.90 bits per heavy atom. The minimum Gasteiger partial charge on any atom is -0.342 e. The van der Waals surface area contributed by atoms with Crippen molar-refractivity contribution < 1.29 is 4.79 Å². The molecule has 0 unspecified atom stereocenters. The first-order chi connectivity index (χ1) is 10.1. The van der Waals surface area contributed by atoms with Gasteiger partial charge in [-0.1, -0.05) is 29.8 Å². The Balaban J connectivity index is 1.64. The molecule has 114 valence electrons. The molecule has 1 saturated carbocycles. The van der Waals surface area contributed by atoms with Gasteiger partial charge in [0, 0.05) is 30.1 Å². The van der Waals surface area contributed by atoms with Crippen molar-refractivity contribution in [3.8, 4) is 0 Å². The van der Waals surface area contributed by atoms with Gasteiger partial charge in [0.05, 0.1) is 0 Å². The minimum atomic E-state index is 0.122. The van der Waals surface area contributed by atoms with Gasteiger partial charge in [0.1, 0.15) is 0 Å². The Hall–Kier alpha value is -1.06. The van der Waals surface area contributed by atoms with E-state index in [1.54, 1.807) is 0 Å². The number of rotatable bonds is 3. The van der Waals surface area contributed by atoms with E-state index in [0.29, 0.717) is 17.7 Å². The fourth-order valence-electron chi connectivity index (χ4n) is 3.46. The van der Waals surface area contributed by atoms with Gasteiger partial charge < -0.3 is 10.6 Å². The summed E-state index contributed by atoms with van der Waals surface area (Å²) < 4.78 is 0. The van der Waals surface area contributed by atoms with Crippen molar-refractivity contribution in [2.45, 2.75) is 38.1 Å². The molecule has 1 aliphatic heterocycles. The van der Waals surface area contributed by atoms with E-state index in [4.69, 9.17) is 17.3 Å². The molecule has 3 nitrogen and oxygen atoms in total. The van der Waals surface area contributed by atoms with Crippen molar-refractivity contribution in [2.24, 2.45) is 17.6 Å². The third-order valence-electron chi connectivity index (χ3n) is 4.93. The Labute approximate surface area is 131 Å². The summed E-state index contributed by atoms with van der Waals surface area (Å²) in [6.45, 7) is 3.75. The lowest BCUT2D eigenvalue weighted by Gasteiger charge is -2.35. The number of piperidine rings is 1. The quantitative estimate of drug-likeness (QED) is 0.933. The molecule has 0 bridgehead atoms. The van der Waals surface area contributed by atoms with E-state index in [9.17, 15) is 4.79 Å². The van der Waals surface area contributed by atoms with Crippen LogP contribution in [0.4, 0.5) is 0 Å². The largest absolute Gasteiger partial charge is 0.342 e. The highest BCUT2D eigenvalue weighted by Gasteiger charge is 2.47. The van der Waals surface area contributed by atoms with Gasteiger partial charge in [0.25, 0.3) is 0 Å². The molecular formula is C17H23ClN2O. The summed E-state index contributed by atoms with van der Waals surface area (Å²) in [5.74, 6) is 1.17. The van der Waals surface area contributed by atoms with Crippen molar-refractivity contribution in [3.05, 3.63) is 34.9 Å². The van der Waals surface area contributed by atoms with Crippen LogP contribution >= 0.6 is 11.6 Å². The van der Waals surface area contributed by atoms with Crippen LogP contribution in [0.5, 0.6) is 0 Å². The zero-order valence-electron chi connectivity index (χ0n) is 12.5. The van der Waals surface area contributed by atoms with E-state index in [1.807, 2.05) is 36.1 Å². The van der Waals surface area contributed by atoms with Gasteiger partial charge in [-0.15, -0.1) is 0 Å². The lowest BCUT2D eigenvalue weighted by molar-refractivity contribution is -0.134. The Bertz CT molecular complexity index is 531. The highest BCUT2D eigenvalue weighted by Crippen LogP contribution is 2.50. The molecule has 0 aromatic heterocycles. The number of hydrogen-bond donors (Lipinski definition) is 1. The maximum atomic E-state index is 12.7. The van der Waals surface area contributed by atoms with Crippen molar-refractivity contribution in [2.75, 3.05) is 13.1 Å². The molecule has 1 aromatic rings. The fourth-order valence-corrected chi connectivity index (χ4v) is 3.74. The molecule has 4 atom stereocenters. The van der Waals surface area contributed by atoms with E-state index in [-0.39, 0.29) is 12.0 Å². The smallest absolute Gasteiger partial charge is 0.226 e.